The second kappa shape index (κ2) is 6.81. The van der Waals surface area contributed by atoms with E-state index in [1.54, 1.807) is 0 Å². The molecule has 0 spiro atoms. The molecule has 0 radical (unpaired) electrons. The molecule has 0 unspecified atom stereocenters. The Morgan fingerprint density at radius 1 is 1.28 bits per heavy atom. The maximum atomic E-state index is 11.6. The van der Waals surface area contributed by atoms with Crippen molar-refractivity contribution in [2.75, 3.05) is 0 Å². The molecule has 1 rings (SSSR count). The van der Waals surface area contributed by atoms with E-state index in [-0.39, 0.29) is 12.1 Å². The van der Waals surface area contributed by atoms with Crippen molar-refractivity contribution < 1.29 is 9.53 Å². The summed E-state index contributed by atoms with van der Waals surface area (Å²) in [5.74, 6) is 0.696. The van der Waals surface area contributed by atoms with E-state index in [9.17, 15) is 4.79 Å². The van der Waals surface area contributed by atoms with Gasteiger partial charge in [0.2, 0.25) is 0 Å². The lowest BCUT2D eigenvalue weighted by atomic mass is 9.86. The molecule has 0 aromatic carbocycles. The van der Waals surface area contributed by atoms with Crippen LogP contribution in [0.1, 0.15) is 59.8 Å². The van der Waals surface area contributed by atoms with E-state index in [0.717, 1.165) is 32.1 Å². The highest BCUT2D eigenvalue weighted by Gasteiger charge is 2.23. The number of alkyl carbamates (subject to hydrolysis) is 1. The number of allylic oxidation sites excluding steroid dienone is 2. The van der Waals surface area contributed by atoms with Gasteiger partial charge in [0.15, 0.2) is 0 Å². The molecule has 3 nitrogen and oxygen atoms in total. The maximum Gasteiger partial charge on any atom is 0.407 e. The van der Waals surface area contributed by atoms with Gasteiger partial charge in [-0.2, -0.15) is 0 Å². The number of carbonyl (C=O) groups is 1. The Bertz CT molecular complexity index is 283. The van der Waals surface area contributed by atoms with E-state index in [1.165, 1.54) is 0 Å². The summed E-state index contributed by atoms with van der Waals surface area (Å²) < 4.78 is 5.27. The SMILES string of the molecule is CC/C=C/[C@H]1CC[C@H](NC(=O)OC(C)(C)C)CC1. The van der Waals surface area contributed by atoms with E-state index in [4.69, 9.17) is 4.74 Å². The third-order valence-electron chi connectivity index (χ3n) is 3.14. The first-order valence-corrected chi connectivity index (χ1v) is 7.07. The Morgan fingerprint density at radius 3 is 2.39 bits per heavy atom. The van der Waals surface area contributed by atoms with Crippen LogP contribution in [-0.2, 0) is 4.74 Å². The first-order valence-electron chi connectivity index (χ1n) is 7.07. The molecule has 0 aliphatic heterocycles. The molecule has 1 aliphatic carbocycles. The number of hydrogen-bond donors (Lipinski definition) is 1. The van der Waals surface area contributed by atoms with Crippen molar-refractivity contribution in [2.45, 2.75) is 71.4 Å². The zero-order chi connectivity index (χ0) is 13.6. The second-order valence-corrected chi connectivity index (χ2v) is 6.09. The standard InChI is InChI=1S/C15H27NO2/c1-5-6-7-12-8-10-13(11-9-12)16-14(17)18-15(2,3)4/h6-7,12-13H,5,8-11H2,1-4H3,(H,16,17)/b7-6+/t12-,13-. The number of carbonyl (C=O) groups excluding carboxylic acids is 1. The molecule has 1 fully saturated rings. The van der Waals surface area contributed by atoms with Gasteiger partial charge in [-0.25, -0.2) is 4.79 Å². The molecule has 18 heavy (non-hydrogen) atoms. The van der Waals surface area contributed by atoms with Gasteiger partial charge in [0.1, 0.15) is 5.60 Å². The predicted octanol–water partition coefficient (Wildman–Crippen LogP) is 4.04. The fourth-order valence-electron chi connectivity index (χ4n) is 2.26. The molecule has 0 heterocycles. The summed E-state index contributed by atoms with van der Waals surface area (Å²) in [6, 6.07) is 0.283. The third-order valence-corrected chi connectivity index (χ3v) is 3.14. The molecule has 104 valence electrons. The number of ether oxygens (including phenoxy) is 1. The van der Waals surface area contributed by atoms with Gasteiger partial charge in [-0.05, 0) is 58.8 Å². The molecule has 0 atom stereocenters. The molecule has 3 heteroatoms. The Hall–Kier alpha value is -0.990. The molecular weight excluding hydrogens is 226 g/mol. The van der Waals surface area contributed by atoms with Crippen molar-refractivity contribution in [2.24, 2.45) is 5.92 Å². The zero-order valence-electron chi connectivity index (χ0n) is 12.2. The van der Waals surface area contributed by atoms with Gasteiger partial charge in [0.05, 0.1) is 0 Å². The quantitative estimate of drug-likeness (QED) is 0.771. The minimum Gasteiger partial charge on any atom is -0.444 e. The minimum atomic E-state index is -0.412. The molecule has 0 aromatic rings. The van der Waals surface area contributed by atoms with Gasteiger partial charge in [-0.3, -0.25) is 0 Å². The number of rotatable bonds is 3. The number of hydrogen-bond acceptors (Lipinski definition) is 2. The Labute approximate surface area is 111 Å². The van der Waals surface area contributed by atoms with Crippen LogP contribution < -0.4 is 5.32 Å². The summed E-state index contributed by atoms with van der Waals surface area (Å²) in [7, 11) is 0. The smallest absolute Gasteiger partial charge is 0.407 e. The van der Waals surface area contributed by atoms with Crippen molar-refractivity contribution in [3.63, 3.8) is 0 Å². The van der Waals surface area contributed by atoms with E-state index < -0.39 is 5.60 Å². The van der Waals surface area contributed by atoms with Crippen LogP contribution in [0.5, 0.6) is 0 Å². The number of amides is 1. The lowest BCUT2D eigenvalue weighted by Crippen LogP contribution is -2.40. The Morgan fingerprint density at radius 2 is 1.89 bits per heavy atom. The van der Waals surface area contributed by atoms with E-state index >= 15 is 0 Å². The highest BCUT2D eigenvalue weighted by molar-refractivity contribution is 5.68. The molecule has 1 aliphatic rings. The average molecular weight is 253 g/mol. The van der Waals surface area contributed by atoms with Gasteiger partial charge in [0, 0.05) is 6.04 Å². The van der Waals surface area contributed by atoms with Crippen LogP contribution in [0.15, 0.2) is 12.2 Å². The summed E-state index contributed by atoms with van der Waals surface area (Å²) in [5, 5.41) is 2.97. The van der Waals surface area contributed by atoms with Crippen molar-refractivity contribution in [3.05, 3.63) is 12.2 Å². The van der Waals surface area contributed by atoms with E-state index in [0.29, 0.717) is 5.92 Å². The second-order valence-electron chi connectivity index (χ2n) is 6.09. The molecule has 1 amide bonds. The lowest BCUT2D eigenvalue weighted by Gasteiger charge is -2.28. The van der Waals surface area contributed by atoms with E-state index in [1.807, 2.05) is 20.8 Å². The topological polar surface area (TPSA) is 38.3 Å². The fourth-order valence-corrected chi connectivity index (χ4v) is 2.26. The lowest BCUT2D eigenvalue weighted by molar-refractivity contribution is 0.0490. The maximum absolute atomic E-state index is 11.6. The van der Waals surface area contributed by atoms with Crippen LogP contribution in [0.2, 0.25) is 0 Å². The fraction of sp³-hybridized carbons (Fsp3) is 0.800. The van der Waals surface area contributed by atoms with Gasteiger partial charge >= 0.3 is 6.09 Å². The normalized spacial score (nSPS) is 25.1. The highest BCUT2D eigenvalue weighted by Crippen LogP contribution is 2.25. The summed E-state index contributed by atoms with van der Waals surface area (Å²) in [6.45, 7) is 7.82. The van der Waals surface area contributed by atoms with Crippen molar-refractivity contribution in [1.29, 1.82) is 0 Å². The van der Waals surface area contributed by atoms with Crippen molar-refractivity contribution in [3.8, 4) is 0 Å². The van der Waals surface area contributed by atoms with Crippen LogP contribution in [0.25, 0.3) is 0 Å². The zero-order valence-corrected chi connectivity index (χ0v) is 12.2. The van der Waals surface area contributed by atoms with Gasteiger partial charge in [-0.15, -0.1) is 0 Å². The van der Waals surface area contributed by atoms with Crippen LogP contribution in [0.4, 0.5) is 4.79 Å². The summed E-state index contributed by atoms with van der Waals surface area (Å²) in [5.41, 5.74) is -0.412. The van der Waals surface area contributed by atoms with Gasteiger partial charge < -0.3 is 10.1 Å². The molecule has 0 bridgehead atoms. The van der Waals surface area contributed by atoms with Crippen LogP contribution in [-0.4, -0.2) is 17.7 Å². The number of nitrogens with one attached hydrogen (secondary N) is 1. The average Bonchev–Trinajstić information content (AvgIpc) is 2.25. The van der Waals surface area contributed by atoms with Crippen molar-refractivity contribution in [1.82, 2.24) is 5.32 Å². The first kappa shape index (κ1) is 15.1. The van der Waals surface area contributed by atoms with Crippen LogP contribution in [0.3, 0.4) is 0 Å². The Kier molecular flexibility index (Phi) is 5.70. The summed E-state index contributed by atoms with van der Waals surface area (Å²) in [6.07, 6.45) is 9.82. The third kappa shape index (κ3) is 6.08. The van der Waals surface area contributed by atoms with Crippen LogP contribution in [0, 0.1) is 5.92 Å². The molecule has 0 saturated heterocycles. The summed E-state index contributed by atoms with van der Waals surface area (Å²) >= 11 is 0. The predicted molar refractivity (Wildman–Crippen MR) is 74.5 cm³/mol. The molecular formula is C15H27NO2. The van der Waals surface area contributed by atoms with Gasteiger partial charge in [0.25, 0.3) is 0 Å². The monoisotopic (exact) mass is 253 g/mol. The molecule has 1 N–H and O–H groups in total. The highest BCUT2D eigenvalue weighted by atomic mass is 16.6. The van der Waals surface area contributed by atoms with E-state index in [2.05, 4.69) is 24.4 Å². The summed E-state index contributed by atoms with van der Waals surface area (Å²) in [4.78, 5) is 11.6. The van der Waals surface area contributed by atoms with Gasteiger partial charge in [-0.1, -0.05) is 19.1 Å². The molecule has 0 aromatic heterocycles. The first-order chi connectivity index (χ1) is 8.40. The largest absolute Gasteiger partial charge is 0.444 e. The van der Waals surface area contributed by atoms with Crippen LogP contribution >= 0.6 is 0 Å². The van der Waals surface area contributed by atoms with Crippen molar-refractivity contribution >= 4 is 6.09 Å². The Balaban J connectivity index is 2.27. The molecule has 1 saturated carbocycles. The minimum absolute atomic E-state index is 0.282.